The molecule has 7 nitrogen and oxygen atoms in total. The molecular formula is C27H34N2O5. The first kappa shape index (κ1) is 25.3. The van der Waals surface area contributed by atoms with Gasteiger partial charge in [0.2, 0.25) is 5.91 Å². The van der Waals surface area contributed by atoms with E-state index in [0.717, 1.165) is 6.42 Å². The van der Waals surface area contributed by atoms with E-state index in [1.54, 1.807) is 13.8 Å². The lowest BCUT2D eigenvalue weighted by Crippen LogP contribution is -2.42. The molecule has 2 aromatic carbocycles. The fourth-order valence-corrected chi connectivity index (χ4v) is 4.43. The number of carboxylic acid groups (broad SMARTS) is 1. The number of benzene rings is 2. The van der Waals surface area contributed by atoms with Crippen LogP contribution in [0.25, 0.3) is 11.1 Å². The minimum absolute atomic E-state index is 0.0190. The number of hydrogen-bond donors (Lipinski definition) is 3. The first-order valence-corrected chi connectivity index (χ1v) is 12.0. The zero-order chi connectivity index (χ0) is 24.7. The van der Waals surface area contributed by atoms with E-state index in [2.05, 4.69) is 34.9 Å². The van der Waals surface area contributed by atoms with Gasteiger partial charge in [-0.3, -0.25) is 4.79 Å². The van der Waals surface area contributed by atoms with Gasteiger partial charge in [0.15, 0.2) is 0 Å². The zero-order valence-electron chi connectivity index (χ0n) is 20.0. The number of nitrogens with one attached hydrogen (secondary N) is 2. The van der Waals surface area contributed by atoms with Gasteiger partial charge in [0.25, 0.3) is 0 Å². The van der Waals surface area contributed by atoms with Crippen LogP contribution in [0.3, 0.4) is 0 Å². The maximum atomic E-state index is 12.4. The maximum Gasteiger partial charge on any atom is 0.407 e. The molecule has 3 atom stereocenters. The molecule has 3 rings (SSSR count). The number of aliphatic carboxylic acids is 1. The van der Waals surface area contributed by atoms with Crippen molar-refractivity contribution in [1.82, 2.24) is 10.6 Å². The lowest BCUT2D eigenvalue weighted by molar-refractivity contribution is -0.142. The third kappa shape index (κ3) is 6.16. The molecule has 0 bridgehead atoms. The summed E-state index contributed by atoms with van der Waals surface area (Å²) < 4.78 is 5.58. The van der Waals surface area contributed by atoms with E-state index in [1.807, 2.05) is 31.2 Å². The molecule has 0 aromatic heterocycles. The van der Waals surface area contributed by atoms with E-state index in [-0.39, 0.29) is 30.4 Å². The van der Waals surface area contributed by atoms with Crippen molar-refractivity contribution in [2.45, 2.75) is 64.5 Å². The van der Waals surface area contributed by atoms with Crippen LogP contribution in [0.15, 0.2) is 48.5 Å². The molecule has 0 radical (unpaired) electrons. The molecule has 182 valence electrons. The molecule has 34 heavy (non-hydrogen) atoms. The van der Waals surface area contributed by atoms with Crippen LogP contribution in [0, 0.1) is 5.92 Å². The molecule has 3 N–H and O–H groups in total. The monoisotopic (exact) mass is 466 g/mol. The van der Waals surface area contributed by atoms with Crippen molar-refractivity contribution in [2.75, 3.05) is 6.61 Å². The van der Waals surface area contributed by atoms with Gasteiger partial charge in [-0.05, 0) is 48.4 Å². The summed E-state index contributed by atoms with van der Waals surface area (Å²) in [4.78, 5) is 35.7. The van der Waals surface area contributed by atoms with Gasteiger partial charge in [-0.2, -0.15) is 0 Å². The molecule has 7 heteroatoms. The summed E-state index contributed by atoms with van der Waals surface area (Å²) in [5, 5.41) is 14.5. The van der Waals surface area contributed by atoms with Crippen LogP contribution in [-0.2, 0) is 14.3 Å². The largest absolute Gasteiger partial charge is 0.480 e. The van der Waals surface area contributed by atoms with Gasteiger partial charge in [-0.15, -0.1) is 0 Å². The van der Waals surface area contributed by atoms with Crippen molar-refractivity contribution in [2.24, 2.45) is 5.92 Å². The Balaban J connectivity index is 1.42. The number of alkyl carbamates (subject to hydrolysis) is 1. The number of fused-ring (bicyclic) bond motifs is 3. The van der Waals surface area contributed by atoms with Crippen LogP contribution in [-0.4, -0.2) is 41.8 Å². The smallest absolute Gasteiger partial charge is 0.407 e. The second-order valence-electron chi connectivity index (χ2n) is 9.01. The van der Waals surface area contributed by atoms with E-state index in [1.165, 1.54) is 22.3 Å². The summed E-state index contributed by atoms with van der Waals surface area (Å²) in [5.74, 6) is -1.56. The van der Waals surface area contributed by atoms with Crippen molar-refractivity contribution in [1.29, 1.82) is 0 Å². The molecule has 0 heterocycles. The van der Waals surface area contributed by atoms with Gasteiger partial charge >= 0.3 is 12.1 Å². The highest BCUT2D eigenvalue weighted by Gasteiger charge is 2.29. The van der Waals surface area contributed by atoms with Crippen molar-refractivity contribution in [3.05, 3.63) is 59.7 Å². The van der Waals surface area contributed by atoms with Gasteiger partial charge in [-0.25, -0.2) is 9.59 Å². The van der Waals surface area contributed by atoms with E-state index in [9.17, 15) is 14.4 Å². The number of amides is 2. The average molecular weight is 467 g/mol. The van der Waals surface area contributed by atoms with Gasteiger partial charge in [0.1, 0.15) is 12.6 Å². The summed E-state index contributed by atoms with van der Waals surface area (Å²) in [6.07, 6.45) is 1.92. The minimum Gasteiger partial charge on any atom is -0.480 e. The molecule has 2 amide bonds. The summed E-state index contributed by atoms with van der Waals surface area (Å²) in [6.45, 7) is 5.68. The van der Waals surface area contributed by atoms with Crippen LogP contribution in [0.5, 0.6) is 0 Å². The van der Waals surface area contributed by atoms with E-state index >= 15 is 0 Å². The van der Waals surface area contributed by atoms with Gasteiger partial charge in [0.05, 0.1) is 0 Å². The number of carbonyl (C=O) groups is 3. The summed E-state index contributed by atoms with van der Waals surface area (Å²) in [7, 11) is 0. The number of hydrogen-bond acceptors (Lipinski definition) is 4. The number of carboxylic acids is 1. The Morgan fingerprint density at radius 2 is 1.53 bits per heavy atom. The molecule has 2 aromatic rings. The highest BCUT2D eigenvalue weighted by atomic mass is 16.5. The fourth-order valence-electron chi connectivity index (χ4n) is 4.43. The molecule has 0 aliphatic heterocycles. The lowest BCUT2D eigenvalue weighted by Gasteiger charge is -2.19. The second kappa shape index (κ2) is 11.7. The lowest BCUT2D eigenvalue weighted by atomic mass is 9.98. The van der Waals surface area contributed by atoms with E-state index < -0.39 is 18.1 Å². The van der Waals surface area contributed by atoms with E-state index in [0.29, 0.717) is 19.3 Å². The van der Waals surface area contributed by atoms with Crippen LogP contribution in [0.1, 0.15) is 63.5 Å². The number of ether oxygens (including phenoxy) is 1. The highest BCUT2D eigenvalue weighted by Crippen LogP contribution is 2.44. The predicted molar refractivity (Wildman–Crippen MR) is 131 cm³/mol. The second-order valence-corrected chi connectivity index (χ2v) is 9.01. The van der Waals surface area contributed by atoms with Crippen molar-refractivity contribution in [3.8, 4) is 11.1 Å². The normalized spacial score (nSPS) is 14.9. The Labute approximate surface area is 200 Å². The Bertz CT molecular complexity index is 976. The number of rotatable bonds is 11. The third-order valence-corrected chi connectivity index (χ3v) is 6.45. The van der Waals surface area contributed by atoms with Crippen LogP contribution < -0.4 is 10.6 Å². The first-order chi connectivity index (χ1) is 16.3. The minimum atomic E-state index is -1.02. The zero-order valence-corrected chi connectivity index (χ0v) is 20.0. The Kier molecular flexibility index (Phi) is 8.68. The Hall–Kier alpha value is -3.35. The quantitative estimate of drug-likeness (QED) is 0.445. The van der Waals surface area contributed by atoms with E-state index in [4.69, 9.17) is 9.84 Å². The van der Waals surface area contributed by atoms with Gasteiger partial charge < -0.3 is 20.5 Å². The molecule has 0 saturated heterocycles. The van der Waals surface area contributed by atoms with Crippen molar-refractivity contribution in [3.63, 3.8) is 0 Å². The standard InChI is InChI=1S/C27H34N2O5/c1-4-24(26(31)32)29-25(30)17(2)10-9-11-18(3)28-27(33)34-16-23-21-14-7-5-12-19(21)20-13-6-8-15-22(20)23/h5-8,12-15,17-18,23-24H,4,9-11,16H2,1-3H3,(H,28,33)(H,29,30)(H,31,32)/t17?,18?,24-/m0/s1. The molecule has 0 fully saturated rings. The molecule has 1 aliphatic rings. The molecule has 0 spiro atoms. The Morgan fingerprint density at radius 3 is 2.09 bits per heavy atom. The SMILES string of the molecule is CC[C@H](NC(=O)C(C)CCCC(C)NC(=O)OCC1c2ccccc2-c2ccccc21)C(=O)O. The van der Waals surface area contributed by atoms with Crippen molar-refractivity contribution >= 4 is 18.0 Å². The third-order valence-electron chi connectivity index (χ3n) is 6.45. The molecule has 2 unspecified atom stereocenters. The average Bonchev–Trinajstić information content (AvgIpc) is 3.14. The van der Waals surface area contributed by atoms with Crippen molar-refractivity contribution < 1.29 is 24.2 Å². The molecular weight excluding hydrogens is 432 g/mol. The summed E-state index contributed by atoms with van der Waals surface area (Å²) in [6, 6.07) is 15.5. The molecule has 1 aliphatic carbocycles. The van der Waals surface area contributed by atoms with Crippen LogP contribution in [0.4, 0.5) is 4.79 Å². The van der Waals surface area contributed by atoms with Crippen LogP contribution in [0.2, 0.25) is 0 Å². The summed E-state index contributed by atoms with van der Waals surface area (Å²) >= 11 is 0. The topological polar surface area (TPSA) is 105 Å². The maximum absolute atomic E-state index is 12.4. The van der Waals surface area contributed by atoms with Gasteiger partial charge in [0, 0.05) is 17.9 Å². The Morgan fingerprint density at radius 1 is 0.941 bits per heavy atom. The number of carbonyl (C=O) groups excluding carboxylic acids is 2. The fraction of sp³-hybridized carbons (Fsp3) is 0.444. The highest BCUT2D eigenvalue weighted by molar-refractivity contribution is 5.84. The molecule has 0 saturated carbocycles. The predicted octanol–water partition coefficient (Wildman–Crippen LogP) is 4.70. The first-order valence-electron chi connectivity index (χ1n) is 12.0. The summed E-state index contributed by atoms with van der Waals surface area (Å²) in [5.41, 5.74) is 4.72. The van der Waals surface area contributed by atoms with Crippen LogP contribution >= 0.6 is 0 Å². The van der Waals surface area contributed by atoms with Gasteiger partial charge in [-0.1, -0.05) is 68.8 Å².